The third-order valence-corrected chi connectivity index (χ3v) is 4.18. The van der Waals surface area contributed by atoms with Crippen LogP contribution in [-0.2, 0) is 0 Å². The van der Waals surface area contributed by atoms with E-state index in [2.05, 4.69) is 10.3 Å². The Hall–Kier alpha value is -2.42. The van der Waals surface area contributed by atoms with E-state index in [1.54, 1.807) is 16.3 Å². The smallest absolute Gasteiger partial charge is 0.358 e. The third-order valence-electron chi connectivity index (χ3n) is 3.30. The van der Waals surface area contributed by atoms with Crippen molar-refractivity contribution < 1.29 is 19.4 Å². The molecule has 8 nitrogen and oxygen atoms in total. The first kappa shape index (κ1) is 13.6. The number of carboxylic acid groups (broad SMARTS) is 1. The molecule has 3 rings (SSSR count). The van der Waals surface area contributed by atoms with Crippen molar-refractivity contribution in [3.8, 4) is 5.75 Å². The van der Waals surface area contributed by atoms with Crippen molar-refractivity contribution in [3.63, 3.8) is 0 Å². The standard InChI is InChI=1S/C12H12N4O4S/c1-20-9-2-3-21-10(9)11(17)15-4-7(5-15)16-6-8(12(18)19)13-14-16/h2-3,6-7H,4-5H2,1H3,(H,18,19). The van der Waals surface area contributed by atoms with Gasteiger partial charge in [-0.3, -0.25) is 4.79 Å². The molecule has 0 atom stereocenters. The monoisotopic (exact) mass is 308 g/mol. The molecule has 2 aromatic heterocycles. The average molecular weight is 308 g/mol. The second-order valence-electron chi connectivity index (χ2n) is 4.57. The predicted octanol–water partition coefficient (Wildman–Crippen LogP) is 0.744. The van der Waals surface area contributed by atoms with Crippen molar-refractivity contribution in [1.82, 2.24) is 19.9 Å². The highest BCUT2D eigenvalue weighted by atomic mass is 32.1. The van der Waals surface area contributed by atoms with Gasteiger partial charge in [-0.2, -0.15) is 0 Å². The van der Waals surface area contributed by atoms with Gasteiger partial charge in [0.15, 0.2) is 5.69 Å². The van der Waals surface area contributed by atoms with Crippen LogP contribution < -0.4 is 4.74 Å². The summed E-state index contributed by atoms with van der Waals surface area (Å²) in [5, 5.41) is 17.9. The zero-order chi connectivity index (χ0) is 15.0. The zero-order valence-electron chi connectivity index (χ0n) is 11.1. The van der Waals surface area contributed by atoms with Crippen molar-refractivity contribution in [2.75, 3.05) is 20.2 Å². The highest BCUT2D eigenvalue weighted by Crippen LogP contribution is 2.30. The summed E-state index contributed by atoms with van der Waals surface area (Å²) in [6.45, 7) is 0.949. The van der Waals surface area contributed by atoms with E-state index in [1.807, 2.05) is 0 Å². The van der Waals surface area contributed by atoms with Crippen LogP contribution in [0.2, 0.25) is 0 Å². The number of aromatic nitrogens is 3. The maximum atomic E-state index is 12.3. The summed E-state index contributed by atoms with van der Waals surface area (Å²) in [5.41, 5.74) is -0.0975. The number of hydrogen-bond donors (Lipinski definition) is 1. The molecule has 2 aromatic rings. The van der Waals surface area contributed by atoms with E-state index in [0.717, 1.165) is 0 Å². The first-order chi connectivity index (χ1) is 10.1. The van der Waals surface area contributed by atoms with E-state index in [0.29, 0.717) is 23.7 Å². The van der Waals surface area contributed by atoms with Crippen LogP contribution in [0.4, 0.5) is 0 Å². The fourth-order valence-corrected chi connectivity index (χ4v) is 2.92. The molecular weight excluding hydrogens is 296 g/mol. The normalized spacial score (nSPS) is 14.8. The first-order valence-electron chi connectivity index (χ1n) is 6.16. The molecule has 1 fully saturated rings. The minimum absolute atomic E-state index is 0.0412. The van der Waals surface area contributed by atoms with Gasteiger partial charge in [-0.1, -0.05) is 5.21 Å². The van der Waals surface area contributed by atoms with Gasteiger partial charge >= 0.3 is 5.97 Å². The van der Waals surface area contributed by atoms with Gasteiger partial charge in [0.05, 0.1) is 19.3 Å². The molecule has 0 spiro atoms. The lowest BCUT2D eigenvalue weighted by atomic mass is 10.1. The van der Waals surface area contributed by atoms with Crippen molar-refractivity contribution >= 4 is 23.2 Å². The average Bonchev–Trinajstić information content (AvgIpc) is 3.05. The SMILES string of the molecule is COc1ccsc1C(=O)N1CC(n2cc(C(=O)O)nn2)C1. The summed E-state index contributed by atoms with van der Waals surface area (Å²) >= 11 is 1.34. The van der Waals surface area contributed by atoms with Crippen LogP contribution in [-0.4, -0.2) is 57.1 Å². The Morgan fingerprint density at radius 3 is 2.86 bits per heavy atom. The summed E-state index contributed by atoms with van der Waals surface area (Å²) in [6.07, 6.45) is 1.38. The van der Waals surface area contributed by atoms with Crippen LogP contribution >= 0.6 is 11.3 Å². The Balaban J connectivity index is 1.65. The van der Waals surface area contributed by atoms with E-state index in [4.69, 9.17) is 9.84 Å². The molecule has 1 saturated heterocycles. The lowest BCUT2D eigenvalue weighted by molar-refractivity contribution is 0.0499. The van der Waals surface area contributed by atoms with Crippen molar-refractivity contribution in [1.29, 1.82) is 0 Å². The molecule has 1 amide bonds. The number of amides is 1. The van der Waals surface area contributed by atoms with Gasteiger partial charge in [0, 0.05) is 13.1 Å². The van der Waals surface area contributed by atoms with Crippen molar-refractivity contribution in [2.24, 2.45) is 0 Å². The summed E-state index contributed by atoms with van der Waals surface area (Å²) < 4.78 is 6.62. The van der Waals surface area contributed by atoms with Gasteiger partial charge in [0.25, 0.3) is 5.91 Å². The van der Waals surface area contributed by atoms with Crippen LogP contribution in [0.5, 0.6) is 5.75 Å². The number of carboxylic acids is 1. The Morgan fingerprint density at radius 2 is 2.24 bits per heavy atom. The first-order valence-corrected chi connectivity index (χ1v) is 7.04. The Bertz CT molecular complexity index is 689. The summed E-state index contributed by atoms with van der Waals surface area (Å²) in [4.78, 5) is 25.3. The lowest BCUT2D eigenvalue weighted by Crippen LogP contribution is -2.50. The lowest BCUT2D eigenvalue weighted by Gasteiger charge is -2.38. The quantitative estimate of drug-likeness (QED) is 0.895. The highest BCUT2D eigenvalue weighted by molar-refractivity contribution is 7.12. The molecule has 1 aliphatic heterocycles. The fraction of sp³-hybridized carbons (Fsp3) is 0.333. The maximum absolute atomic E-state index is 12.3. The molecule has 1 N–H and O–H groups in total. The molecule has 0 aromatic carbocycles. The number of thiophene rings is 1. The van der Waals surface area contributed by atoms with Crippen LogP contribution in [0, 0.1) is 0 Å². The van der Waals surface area contributed by atoms with E-state index in [9.17, 15) is 9.59 Å². The number of carbonyl (C=O) groups excluding carboxylic acids is 1. The maximum Gasteiger partial charge on any atom is 0.358 e. The molecule has 0 saturated carbocycles. The van der Waals surface area contributed by atoms with Crippen LogP contribution in [0.3, 0.4) is 0 Å². The van der Waals surface area contributed by atoms with E-state index < -0.39 is 5.97 Å². The highest BCUT2D eigenvalue weighted by Gasteiger charge is 2.35. The summed E-state index contributed by atoms with van der Waals surface area (Å²) in [6, 6.07) is 1.71. The molecule has 21 heavy (non-hydrogen) atoms. The van der Waals surface area contributed by atoms with Gasteiger partial charge in [-0.15, -0.1) is 16.4 Å². The molecule has 0 radical (unpaired) electrons. The number of rotatable bonds is 4. The van der Waals surface area contributed by atoms with Gasteiger partial charge < -0.3 is 14.7 Å². The zero-order valence-corrected chi connectivity index (χ0v) is 11.9. The van der Waals surface area contributed by atoms with Crippen molar-refractivity contribution in [2.45, 2.75) is 6.04 Å². The number of methoxy groups -OCH3 is 1. The molecule has 110 valence electrons. The molecule has 0 aliphatic carbocycles. The van der Waals surface area contributed by atoms with Crippen LogP contribution in [0.25, 0.3) is 0 Å². The van der Waals surface area contributed by atoms with E-state index in [1.165, 1.54) is 29.3 Å². The minimum atomic E-state index is -1.11. The van der Waals surface area contributed by atoms with E-state index >= 15 is 0 Å². The largest absolute Gasteiger partial charge is 0.495 e. The number of ether oxygens (including phenoxy) is 1. The second kappa shape index (κ2) is 5.17. The molecule has 0 unspecified atom stereocenters. The topological polar surface area (TPSA) is 97.5 Å². The third kappa shape index (κ3) is 2.35. The van der Waals surface area contributed by atoms with Gasteiger partial charge in [0.2, 0.25) is 0 Å². The fourth-order valence-electron chi connectivity index (χ4n) is 2.10. The van der Waals surface area contributed by atoms with E-state index in [-0.39, 0.29) is 17.6 Å². The van der Waals surface area contributed by atoms with Crippen LogP contribution in [0.1, 0.15) is 26.2 Å². The molecule has 3 heterocycles. The number of aromatic carboxylic acids is 1. The molecular formula is C12H12N4O4S. The minimum Gasteiger partial charge on any atom is -0.495 e. The summed E-state index contributed by atoms with van der Waals surface area (Å²) in [7, 11) is 1.53. The molecule has 0 bridgehead atoms. The number of carbonyl (C=O) groups is 2. The number of hydrogen-bond acceptors (Lipinski definition) is 6. The molecule has 1 aliphatic rings. The number of nitrogens with zero attached hydrogens (tertiary/aromatic N) is 4. The Morgan fingerprint density at radius 1 is 1.48 bits per heavy atom. The Kier molecular flexibility index (Phi) is 3.34. The van der Waals surface area contributed by atoms with Gasteiger partial charge in [-0.05, 0) is 11.4 Å². The predicted molar refractivity (Wildman–Crippen MR) is 72.8 cm³/mol. The van der Waals surface area contributed by atoms with Crippen LogP contribution in [0.15, 0.2) is 17.6 Å². The number of likely N-dealkylation sites (tertiary alicyclic amines) is 1. The summed E-state index contributed by atoms with van der Waals surface area (Å²) in [5.74, 6) is -0.629. The van der Waals surface area contributed by atoms with Gasteiger partial charge in [-0.25, -0.2) is 9.48 Å². The second-order valence-corrected chi connectivity index (χ2v) is 5.49. The van der Waals surface area contributed by atoms with Gasteiger partial charge in [0.1, 0.15) is 10.6 Å². The Labute approximate surface area is 123 Å². The molecule has 9 heteroatoms. The van der Waals surface area contributed by atoms with Crippen molar-refractivity contribution in [3.05, 3.63) is 28.2 Å².